The second-order valence-electron chi connectivity index (χ2n) is 2.63. The lowest BCUT2D eigenvalue weighted by Gasteiger charge is -2.01. The number of carbonyl (C=O) groups excluding carboxylic acids is 1. The largest absolute Gasteiger partial charge is 0.296 e. The second kappa shape index (κ2) is 3.87. The molecule has 0 saturated carbocycles. The van der Waals surface area contributed by atoms with Gasteiger partial charge in [-0.25, -0.2) is 4.68 Å². The van der Waals surface area contributed by atoms with E-state index in [-0.39, 0.29) is 0 Å². The monoisotopic (exact) mass is 299 g/mol. The smallest absolute Gasteiger partial charge is 0.170 e. The van der Waals surface area contributed by atoms with Crippen LogP contribution in [0.15, 0.2) is 30.7 Å². The van der Waals surface area contributed by atoms with Gasteiger partial charge < -0.3 is 0 Å². The van der Waals surface area contributed by atoms with Gasteiger partial charge in [-0.3, -0.25) is 9.78 Å². The number of nitrogens with zero attached hydrogens (tertiary/aromatic N) is 3. The van der Waals surface area contributed by atoms with Crippen LogP contribution in [0.25, 0.3) is 5.69 Å². The fourth-order valence-electron chi connectivity index (χ4n) is 1.13. The molecule has 70 valence electrons. The van der Waals surface area contributed by atoms with Crippen LogP contribution in [0.3, 0.4) is 0 Å². The Hall–Kier alpha value is -1.24. The summed E-state index contributed by atoms with van der Waals surface area (Å²) in [6, 6.07) is 3.58. The molecule has 2 rings (SSSR count). The molecule has 2 aromatic heterocycles. The number of pyridine rings is 1. The van der Waals surface area contributed by atoms with E-state index < -0.39 is 0 Å². The van der Waals surface area contributed by atoms with E-state index in [1.165, 1.54) is 0 Å². The van der Waals surface area contributed by atoms with Crippen LogP contribution in [0, 0.1) is 3.57 Å². The molecular formula is C9H6IN3O. The number of rotatable bonds is 2. The van der Waals surface area contributed by atoms with Crippen LogP contribution in [0.1, 0.15) is 10.5 Å². The minimum Gasteiger partial charge on any atom is -0.296 e. The van der Waals surface area contributed by atoms with Crippen molar-refractivity contribution in [2.75, 3.05) is 0 Å². The van der Waals surface area contributed by atoms with E-state index in [9.17, 15) is 4.79 Å². The third-order valence-corrected chi connectivity index (χ3v) is 2.28. The molecule has 0 aliphatic rings. The maximum Gasteiger partial charge on any atom is 0.170 e. The summed E-state index contributed by atoms with van der Waals surface area (Å²) in [7, 11) is 0. The number of halogens is 1. The highest BCUT2D eigenvalue weighted by molar-refractivity contribution is 14.1. The maximum atomic E-state index is 10.7. The summed E-state index contributed by atoms with van der Waals surface area (Å²) in [6.45, 7) is 0. The van der Waals surface area contributed by atoms with Crippen LogP contribution in [0.4, 0.5) is 0 Å². The van der Waals surface area contributed by atoms with Crippen molar-refractivity contribution in [1.29, 1.82) is 0 Å². The molecule has 4 nitrogen and oxygen atoms in total. The lowest BCUT2D eigenvalue weighted by Crippen LogP contribution is -2.00. The van der Waals surface area contributed by atoms with Crippen molar-refractivity contribution < 1.29 is 4.79 Å². The zero-order valence-electron chi connectivity index (χ0n) is 7.09. The Kier molecular flexibility index (Phi) is 2.58. The third kappa shape index (κ3) is 1.67. The first-order chi connectivity index (χ1) is 6.81. The summed E-state index contributed by atoms with van der Waals surface area (Å²) in [5.41, 5.74) is 1.09. The number of carbonyl (C=O) groups is 1. The Labute approximate surface area is 94.1 Å². The van der Waals surface area contributed by atoms with Crippen molar-refractivity contribution >= 4 is 28.9 Å². The Morgan fingerprint density at radius 3 is 3.00 bits per heavy atom. The first-order valence-corrected chi connectivity index (χ1v) is 5.00. The van der Waals surface area contributed by atoms with Gasteiger partial charge in [0, 0.05) is 12.4 Å². The van der Waals surface area contributed by atoms with Gasteiger partial charge in [0.25, 0.3) is 0 Å². The van der Waals surface area contributed by atoms with Gasteiger partial charge in [-0.1, -0.05) is 0 Å². The van der Waals surface area contributed by atoms with Gasteiger partial charge in [-0.05, 0) is 34.7 Å². The van der Waals surface area contributed by atoms with Gasteiger partial charge in [0.2, 0.25) is 0 Å². The first kappa shape index (κ1) is 9.32. The van der Waals surface area contributed by atoms with Crippen LogP contribution in [-0.2, 0) is 0 Å². The Bertz CT molecular complexity index is 467. The molecule has 2 aromatic rings. The highest BCUT2D eigenvalue weighted by Crippen LogP contribution is 2.11. The normalized spacial score (nSPS) is 10.1. The molecule has 0 bridgehead atoms. The quantitative estimate of drug-likeness (QED) is 0.626. The fraction of sp³-hybridized carbons (Fsp3) is 0. The number of aldehydes is 1. The van der Waals surface area contributed by atoms with Gasteiger partial charge in [-0.15, -0.1) is 0 Å². The summed E-state index contributed by atoms with van der Waals surface area (Å²) in [4.78, 5) is 14.7. The average Bonchev–Trinajstić information content (AvgIpc) is 2.65. The third-order valence-electron chi connectivity index (χ3n) is 1.73. The summed E-state index contributed by atoms with van der Waals surface area (Å²) in [5, 5.41) is 4.10. The molecule has 0 spiro atoms. The van der Waals surface area contributed by atoms with Crippen molar-refractivity contribution in [3.8, 4) is 5.69 Å². The van der Waals surface area contributed by atoms with Gasteiger partial charge in [0.1, 0.15) is 5.69 Å². The van der Waals surface area contributed by atoms with Gasteiger partial charge >= 0.3 is 0 Å². The molecule has 0 amide bonds. The van der Waals surface area contributed by atoms with Crippen LogP contribution >= 0.6 is 22.6 Å². The minimum absolute atomic E-state index is 0.395. The van der Waals surface area contributed by atoms with Crippen LogP contribution < -0.4 is 0 Å². The molecule has 0 N–H and O–H groups in total. The van der Waals surface area contributed by atoms with Crippen molar-refractivity contribution in [3.63, 3.8) is 0 Å². The van der Waals surface area contributed by atoms with Crippen LogP contribution in [-0.4, -0.2) is 21.1 Å². The Morgan fingerprint density at radius 2 is 2.36 bits per heavy atom. The Morgan fingerprint density at radius 1 is 1.50 bits per heavy atom. The highest BCUT2D eigenvalue weighted by atomic mass is 127. The molecule has 5 heteroatoms. The summed E-state index contributed by atoms with van der Waals surface area (Å²) < 4.78 is 2.65. The summed E-state index contributed by atoms with van der Waals surface area (Å²) in [6.07, 6.45) is 5.87. The fourth-order valence-corrected chi connectivity index (χ4v) is 1.51. The van der Waals surface area contributed by atoms with Crippen molar-refractivity contribution in [3.05, 3.63) is 40.0 Å². The summed E-state index contributed by atoms with van der Waals surface area (Å²) in [5.74, 6) is 0. The van der Waals surface area contributed by atoms with Crippen molar-refractivity contribution in [2.24, 2.45) is 0 Å². The maximum absolute atomic E-state index is 10.7. The number of aromatic nitrogens is 3. The van der Waals surface area contributed by atoms with E-state index in [0.717, 1.165) is 9.86 Å². The molecule has 0 aliphatic carbocycles. The molecule has 0 fully saturated rings. The summed E-state index contributed by atoms with van der Waals surface area (Å²) >= 11 is 2.16. The zero-order chi connectivity index (χ0) is 9.97. The second-order valence-corrected chi connectivity index (χ2v) is 3.87. The Balaban J connectivity index is 2.55. The predicted molar refractivity (Wildman–Crippen MR) is 59.5 cm³/mol. The van der Waals surface area contributed by atoms with E-state index in [1.54, 1.807) is 29.2 Å². The van der Waals surface area contributed by atoms with Gasteiger partial charge in [0.15, 0.2) is 6.29 Å². The van der Waals surface area contributed by atoms with Crippen molar-refractivity contribution in [1.82, 2.24) is 14.8 Å². The first-order valence-electron chi connectivity index (χ1n) is 3.92. The topological polar surface area (TPSA) is 47.8 Å². The SMILES string of the molecule is O=Cc1ncccc1-n1cc(I)cn1. The molecular weight excluding hydrogens is 293 g/mol. The van der Waals surface area contributed by atoms with E-state index in [4.69, 9.17) is 0 Å². The standard InChI is InChI=1S/C9H6IN3O/c10-7-4-12-13(5-7)9-2-1-3-11-8(9)6-14/h1-6H. The van der Waals surface area contributed by atoms with Crippen LogP contribution in [0.2, 0.25) is 0 Å². The molecule has 0 atom stereocenters. The van der Waals surface area contributed by atoms with Crippen LogP contribution in [0.5, 0.6) is 0 Å². The van der Waals surface area contributed by atoms with E-state index in [1.807, 2.05) is 6.20 Å². The van der Waals surface area contributed by atoms with E-state index in [0.29, 0.717) is 11.4 Å². The molecule has 0 saturated heterocycles. The van der Waals surface area contributed by atoms with E-state index in [2.05, 4.69) is 32.7 Å². The van der Waals surface area contributed by atoms with Gasteiger partial charge in [-0.2, -0.15) is 5.10 Å². The molecule has 14 heavy (non-hydrogen) atoms. The lowest BCUT2D eigenvalue weighted by atomic mass is 10.3. The molecule has 0 unspecified atom stereocenters. The number of hydrogen-bond donors (Lipinski definition) is 0. The minimum atomic E-state index is 0.395. The van der Waals surface area contributed by atoms with E-state index >= 15 is 0 Å². The van der Waals surface area contributed by atoms with Gasteiger partial charge in [0.05, 0.1) is 15.5 Å². The number of hydrogen-bond acceptors (Lipinski definition) is 3. The molecule has 2 heterocycles. The molecule has 0 aliphatic heterocycles. The molecule has 0 radical (unpaired) electrons. The lowest BCUT2D eigenvalue weighted by molar-refractivity contribution is 0.111. The average molecular weight is 299 g/mol. The molecule has 0 aromatic carbocycles. The highest BCUT2D eigenvalue weighted by Gasteiger charge is 2.04. The van der Waals surface area contributed by atoms with Crippen molar-refractivity contribution in [2.45, 2.75) is 0 Å². The zero-order valence-corrected chi connectivity index (χ0v) is 9.25. The predicted octanol–water partition coefficient (Wildman–Crippen LogP) is 1.68.